The number of rotatable bonds is 3. The molecule has 5 rings (SSSR count). The van der Waals surface area contributed by atoms with Crippen LogP contribution in [0.4, 0.5) is 0 Å². The third kappa shape index (κ3) is 2.41. The van der Waals surface area contributed by atoms with Crippen molar-refractivity contribution in [2.45, 2.75) is 23.0 Å². The maximum Gasteiger partial charge on any atom is 0.336 e. The highest BCUT2D eigenvalue weighted by Crippen LogP contribution is 2.42. The van der Waals surface area contributed by atoms with Crippen molar-refractivity contribution in [2.24, 2.45) is 0 Å². The number of hydrogen-bond donors (Lipinski definition) is 3. The minimum absolute atomic E-state index is 0.0533. The van der Waals surface area contributed by atoms with E-state index in [-0.39, 0.29) is 28.1 Å². The van der Waals surface area contributed by atoms with Crippen molar-refractivity contribution in [3.8, 4) is 0 Å². The first kappa shape index (κ1) is 18.9. The Bertz CT molecular complexity index is 1270. The van der Waals surface area contributed by atoms with Crippen molar-refractivity contribution >= 4 is 44.9 Å². The van der Waals surface area contributed by atoms with Crippen molar-refractivity contribution < 1.29 is 32.7 Å². The summed E-state index contributed by atoms with van der Waals surface area (Å²) in [5, 5.41) is 16.3. The van der Waals surface area contributed by atoms with Gasteiger partial charge in [0.1, 0.15) is 10.9 Å². The summed E-state index contributed by atoms with van der Waals surface area (Å²) in [6.45, 7) is -0.340. The lowest BCUT2D eigenvalue weighted by molar-refractivity contribution is -0.135. The summed E-state index contributed by atoms with van der Waals surface area (Å²) in [5.74, 6) is -3.53. The van der Waals surface area contributed by atoms with Crippen LogP contribution in [0.3, 0.4) is 0 Å². The van der Waals surface area contributed by atoms with Crippen molar-refractivity contribution in [3.05, 3.63) is 51.2 Å². The molecule has 2 amide bonds. The number of carboxylic acid groups (broad SMARTS) is 1. The molecule has 12 heteroatoms. The van der Waals surface area contributed by atoms with Gasteiger partial charge in [0.25, 0.3) is 21.8 Å². The second-order valence-electron chi connectivity index (χ2n) is 7.08. The predicted octanol–water partition coefficient (Wildman–Crippen LogP) is 0.0439. The number of Topliss-reactive ketones (excluding diaryl/α,β-unsaturated/α-hetero) is 1. The number of amides is 2. The van der Waals surface area contributed by atoms with Crippen molar-refractivity contribution in [2.75, 3.05) is 6.54 Å². The van der Waals surface area contributed by atoms with Crippen LogP contribution >= 0.6 is 11.3 Å². The molecular formula is C18H13N3O7S2. The van der Waals surface area contributed by atoms with Gasteiger partial charge < -0.3 is 10.4 Å². The van der Waals surface area contributed by atoms with Crippen LogP contribution in [0.1, 0.15) is 43.2 Å². The first-order valence-electron chi connectivity index (χ1n) is 8.83. The molecule has 2 aromatic rings. The number of hydrogen-bond acceptors (Lipinski definition) is 8. The van der Waals surface area contributed by atoms with Crippen LogP contribution in [0.15, 0.2) is 34.5 Å². The third-order valence-corrected chi connectivity index (χ3v) is 8.40. The standard InChI is InChI=1S/C18H13N3O7S2/c22-14-13-12(20-16(14)23)11-8(18(25)26)6-29-15(11)9(19-13)5-21-17(24)7-3-1-2-4-10(7)30(21,27)28/h1-4,6,9,12-13,19H,5H2,(H,20,23)(H,25,26). The van der Waals surface area contributed by atoms with E-state index in [9.17, 15) is 32.7 Å². The Balaban J connectivity index is 1.58. The molecule has 3 aliphatic heterocycles. The second kappa shape index (κ2) is 6.20. The van der Waals surface area contributed by atoms with Gasteiger partial charge in [-0.25, -0.2) is 17.5 Å². The van der Waals surface area contributed by atoms with E-state index in [1.807, 2.05) is 0 Å². The number of carboxylic acids is 1. The van der Waals surface area contributed by atoms with E-state index in [0.717, 1.165) is 11.3 Å². The van der Waals surface area contributed by atoms with Crippen LogP contribution in [0.25, 0.3) is 0 Å². The maximum atomic E-state index is 12.9. The molecule has 3 atom stereocenters. The highest BCUT2D eigenvalue weighted by atomic mass is 32.2. The van der Waals surface area contributed by atoms with Crippen LogP contribution in [-0.4, -0.2) is 54.0 Å². The van der Waals surface area contributed by atoms with Gasteiger partial charge in [0.15, 0.2) is 0 Å². The molecule has 0 radical (unpaired) electrons. The summed E-state index contributed by atoms with van der Waals surface area (Å²) in [7, 11) is -4.09. The van der Waals surface area contributed by atoms with Gasteiger partial charge in [0.05, 0.1) is 29.8 Å². The van der Waals surface area contributed by atoms with Gasteiger partial charge >= 0.3 is 5.97 Å². The molecule has 3 N–H and O–H groups in total. The number of carbonyl (C=O) groups excluding carboxylic acids is 3. The molecule has 0 aliphatic carbocycles. The predicted molar refractivity (Wildman–Crippen MR) is 101 cm³/mol. The summed E-state index contributed by atoms with van der Waals surface area (Å²) in [6.07, 6.45) is 0. The molecule has 1 aromatic carbocycles. The number of nitrogens with one attached hydrogen (secondary N) is 2. The molecule has 1 saturated heterocycles. The van der Waals surface area contributed by atoms with Crippen molar-refractivity contribution in [3.63, 3.8) is 0 Å². The van der Waals surface area contributed by atoms with Gasteiger partial charge in [-0.05, 0) is 12.1 Å². The second-order valence-corrected chi connectivity index (χ2v) is 9.82. The molecule has 0 spiro atoms. The number of nitrogens with zero attached hydrogens (tertiary/aromatic N) is 1. The summed E-state index contributed by atoms with van der Waals surface area (Å²) in [5.41, 5.74) is 0.255. The van der Waals surface area contributed by atoms with E-state index in [1.165, 1.54) is 23.6 Å². The molecule has 154 valence electrons. The highest BCUT2D eigenvalue weighted by Gasteiger charge is 2.51. The fourth-order valence-corrected chi connectivity index (χ4v) is 6.87. The van der Waals surface area contributed by atoms with Crippen LogP contribution < -0.4 is 10.6 Å². The number of fused-ring (bicyclic) bond motifs is 4. The average molecular weight is 447 g/mol. The van der Waals surface area contributed by atoms with Gasteiger partial charge in [-0.3, -0.25) is 19.7 Å². The zero-order valence-corrected chi connectivity index (χ0v) is 16.6. The van der Waals surface area contributed by atoms with Crippen LogP contribution in [-0.2, 0) is 19.6 Å². The van der Waals surface area contributed by atoms with E-state index in [4.69, 9.17) is 0 Å². The van der Waals surface area contributed by atoms with Gasteiger partial charge in [-0.2, -0.15) is 0 Å². The Morgan fingerprint density at radius 3 is 2.60 bits per heavy atom. The van der Waals surface area contributed by atoms with Crippen molar-refractivity contribution in [1.29, 1.82) is 0 Å². The van der Waals surface area contributed by atoms with E-state index >= 15 is 0 Å². The Morgan fingerprint density at radius 1 is 1.17 bits per heavy atom. The number of ketones is 1. The Morgan fingerprint density at radius 2 is 1.90 bits per heavy atom. The number of aromatic carboxylic acids is 1. The lowest BCUT2D eigenvalue weighted by atomic mass is 9.90. The largest absolute Gasteiger partial charge is 0.478 e. The molecule has 1 fully saturated rings. The fraction of sp³-hybridized carbons (Fsp3) is 0.222. The van der Waals surface area contributed by atoms with E-state index in [1.54, 1.807) is 6.07 Å². The maximum absolute atomic E-state index is 12.9. The van der Waals surface area contributed by atoms with Crippen LogP contribution in [0.2, 0.25) is 0 Å². The lowest BCUT2D eigenvalue weighted by Crippen LogP contribution is -2.49. The normalized spacial score (nSPS) is 26.2. The monoisotopic (exact) mass is 447 g/mol. The first-order valence-corrected chi connectivity index (χ1v) is 11.1. The number of carbonyl (C=O) groups is 4. The van der Waals surface area contributed by atoms with Gasteiger partial charge in [0.2, 0.25) is 5.78 Å². The third-order valence-electron chi connectivity index (χ3n) is 5.48. The molecule has 4 heterocycles. The molecule has 0 bridgehead atoms. The number of sulfonamides is 1. The molecular weight excluding hydrogens is 434 g/mol. The SMILES string of the molecule is O=C1NC2c3c(C(=O)O)csc3C(CN3C(=O)c4ccccc4S3(=O)=O)NC2C1=O. The minimum atomic E-state index is -4.09. The molecule has 3 aliphatic rings. The topological polar surface area (TPSA) is 150 Å². The van der Waals surface area contributed by atoms with Gasteiger partial charge in [-0.15, -0.1) is 11.3 Å². The molecule has 0 saturated carbocycles. The van der Waals surface area contributed by atoms with Gasteiger partial charge in [0, 0.05) is 15.8 Å². The Hall–Kier alpha value is -3.09. The van der Waals surface area contributed by atoms with E-state index < -0.39 is 51.7 Å². The summed E-state index contributed by atoms with van der Waals surface area (Å²) >= 11 is 1.07. The lowest BCUT2D eigenvalue weighted by Gasteiger charge is -2.34. The zero-order chi connectivity index (χ0) is 21.4. The molecule has 3 unspecified atom stereocenters. The molecule has 1 aromatic heterocycles. The summed E-state index contributed by atoms with van der Waals surface area (Å²) in [6, 6.07) is 3.08. The molecule has 10 nitrogen and oxygen atoms in total. The summed E-state index contributed by atoms with van der Waals surface area (Å²) in [4.78, 5) is 49.0. The molecule has 30 heavy (non-hydrogen) atoms. The van der Waals surface area contributed by atoms with E-state index in [0.29, 0.717) is 9.18 Å². The minimum Gasteiger partial charge on any atom is -0.478 e. The number of benzene rings is 1. The zero-order valence-electron chi connectivity index (χ0n) is 15.0. The first-order chi connectivity index (χ1) is 14.2. The Kier molecular flexibility index (Phi) is 3.91. The fourth-order valence-electron chi connectivity index (χ4n) is 4.14. The van der Waals surface area contributed by atoms with Crippen LogP contribution in [0, 0.1) is 0 Å². The van der Waals surface area contributed by atoms with Crippen molar-refractivity contribution in [1.82, 2.24) is 14.9 Å². The van der Waals surface area contributed by atoms with Crippen LogP contribution in [0.5, 0.6) is 0 Å². The van der Waals surface area contributed by atoms with Gasteiger partial charge in [-0.1, -0.05) is 12.1 Å². The highest BCUT2D eigenvalue weighted by molar-refractivity contribution is 7.90. The quantitative estimate of drug-likeness (QED) is 0.559. The summed E-state index contributed by atoms with van der Waals surface area (Å²) < 4.78 is 26.5. The number of thiophene rings is 1. The average Bonchev–Trinajstić information content (AvgIpc) is 3.32. The smallest absolute Gasteiger partial charge is 0.336 e. The Labute approximate surface area is 173 Å². The van der Waals surface area contributed by atoms with E-state index in [2.05, 4.69) is 10.6 Å².